The van der Waals surface area contributed by atoms with E-state index in [0.29, 0.717) is 30.1 Å². The fourth-order valence-electron chi connectivity index (χ4n) is 2.41. The molecule has 0 bridgehead atoms. The normalized spacial score (nSPS) is 10.7. The Morgan fingerprint density at radius 1 is 1.15 bits per heavy atom. The monoisotopic (exact) mass is 364 g/mol. The number of rotatable bonds is 9. The highest BCUT2D eigenvalue weighted by Crippen LogP contribution is 2.24. The quantitative estimate of drug-likeness (QED) is 0.680. The summed E-state index contributed by atoms with van der Waals surface area (Å²) in [4.78, 5) is 14.3. The number of benzene rings is 2. The average molecular weight is 364 g/mol. The third kappa shape index (κ3) is 5.70. The zero-order valence-corrected chi connectivity index (χ0v) is 14.7. The standard InChI is InChI=1S/C19H22F2N2O3/c1-23(12-5-13-25-2)18(24)16-6-3-4-7-17(16)22-14-8-10-15(11-9-14)26-19(20)21/h3-4,6-11,19,22H,5,12-13H2,1-2H3. The second-order valence-corrected chi connectivity index (χ2v) is 5.65. The van der Waals surface area contributed by atoms with Crippen molar-refractivity contribution < 1.29 is 23.0 Å². The van der Waals surface area contributed by atoms with Crippen LogP contribution in [0.4, 0.5) is 20.2 Å². The molecule has 0 aromatic heterocycles. The van der Waals surface area contributed by atoms with Crippen LogP contribution in [0.1, 0.15) is 16.8 Å². The molecule has 7 heteroatoms. The summed E-state index contributed by atoms with van der Waals surface area (Å²) in [5.41, 5.74) is 1.83. The van der Waals surface area contributed by atoms with E-state index in [9.17, 15) is 13.6 Å². The minimum absolute atomic E-state index is 0.0767. The van der Waals surface area contributed by atoms with E-state index in [-0.39, 0.29) is 11.7 Å². The summed E-state index contributed by atoms with van der Waals surface area (Å²) in [6.07, 6.45) is 0.750. The molecule has 140 valence electrons. The van der Waals surface area contributed by atoms with Gasteiger partial charge in [-0.25, -0.2) is 0 Å². The van der Waals surface area contributed by atoms with E-state index in [1.165, 1.54) is 12.1 Å². The van der Waals surface area contributed by atoms with Crippen molar-refractivity contribution in [2.24, 2.45) is 0 Å². The number of nitrogens with one attached hydrogen (secondary N) is 1. The van der Waals surface area contributed by atoms with Gasteiger partial charge in [-0.2, -0.15) is 8.78 Å². The van der Waals surface area contributed by atoms with Crippen molar-refractivity contribution in [2.45, 2.75) is 13.0 Å². The molecule has 0 saturated heterocycles. The number of amides is 1. The summed E-state index contributed by atoms with van der Waals surface area (Å²) in [6.45, 7) is -1.69. The zero-order valence-electron chi connectivity index (χ0n) is 14.7. The number of alkyl halides is 2. The van der Waals surface area contributed by atoms with E-state index in [2.05, 4.69) is 10.1 Å². The van der Waals surface area contributed by atoms with E-state index in [1.54, 1.807) is 49.4 Å². The number of para-hydroxylation sites is 1. The summed E-state index contributed by atoms with van der Waals surface area (Å²) < 4.78 is 33.8. The topological polar surface area (TPSA) is 50.8 Å². The minimum Gasteiger partial charge on any atom is -0.435 e. The first-order valence-corrected chi connectivity index (χ1v) is 8.16. The van der Waals surface area contributed by atoms with Crippen LogP contribution in [-0.2, 0) is 4.74 Å². The first-order valence-electron chi connectivity index (χ1n) is 8.16. The smallest absolute Gasteiger partial charge is 0.387 e. The molecule has 0 aliphatic rings. The molecule has 0 aliphatic carbocycles. The van der Waals surface area contributed by atoms with Crippen molar-refractivity contribution in [3.8, 4) is 5.75 Å². The molecule has 0 saturated carbocycles. The molecular formula is C19H22F2N2O3. The Labute approximate surface area is 151 Å². The third-order valence-corrected chi connectivity index (χ3v) is 3.70. The molecule has 0 atom stereocenters. The van der Waals surface area contributed by atoms with Crippen molar-refractivity contribution >= 4 is 17.3 Å². The molecule has 0 heterocycles. The number of methoxy groups -OCH3 is 1. The second kappa shape index (κ2) is 9.72. The predicted molar refractivity (Wildman–Crippen MR) is 96.3 cm³/mol. The Morgan fingerprint density at radius 2 is 1.85 bits per heavy atom. The van der Waals surface area contributed by atoms with Gasteiger partial charge in [0.15, 0.2) is 0 Å². The van der Waals surface area contributed by atoms with Crippen LogP contribution in [0.2, 0.25) is 0 Å². The number of carbonyl (C=O) groups excluding carboxylic acids is 1. The highest BCUT2D eigenvalue weighted by molar-refractivity contribution is 6.00. The van der Waals surface area contributed by atoms with Crippen LogP contribution in [-0.4, -0.2) is 44.7 Å². The van der Waals surface area contributed by atoms with Gasteiger partial charge in [0, 0.05) is 33.0 Å². The van der Waals surface area contributed by atoms with Gasteiger partial charge in [-0.3, -0.25) is 4.79 Å². The Bertz CT molecular complexity index is 708. The van der Waals surface area contributed by atoms with Gasteiger partial charge in [0.25, 0.3) is 5.91 Å². The highest BCUT2D eigenvalue weighted by atomic mass is 19.3. The lowest BCUT2D eigenvalue weighted by molar-refractivity contribution is -0.0498. The summed E-state index contributed by atoms with van der Waals surface area (Å²) in [5.74, 6) is -0.0327. The Morgan fingerprint density at radius 3 is 2.50 bits per heavy atom. The molecule has 26 heavy (non-hydrogen) atoms. The van der Waals surface area contributed by atoms with Crippen molar-refractivity contribution in [1.82, 2.24) is 4.90 Å². The lowest BCUT2D eigenvalue weighted by Gasteiger charge is -2.19. The molecule has 0 fully saturated rings. The predicted octanol–water partition coefficient (Wildman–Crippen LogP) is 4.14. The molecule has 1 amide bonds. The zero-order chi connectivity index (χ0) is 18.9. The SMILES string of the molecule is COCCCN(C)C(=O)c1ccccc1Nc1ccc(OC(F)F)cc1. The van der Waals surface area contributed by atoms with Crippen LogP contribution in [0.15, 0.2) is 48.5 Å². The number of carbonyl (C=O) groups is 1. The third-order valence-electron chi connectivity index (χ3n) is 3.70. The van der Waals surface area contributed by atoms with Crippen LogP contribution >= 0.6 is 0 Å². The number of anilines is 2. The maximum atomic E-state index is 12.7. The van der Waals surface area contributed by atoms with Gasteiger partial charge >= 0.3 is 6.61 Å². The van der Waals surface area contributed by atoms with Crippen molar-refractivity contribution in [3.63, 3.8) is 0 Å². The van der Waals surface area contributed by atoms with E-state index in [1.807, 2.05) is 6.07 Å². The van der Waals surface area contributed by atoms with Crippen LogP contribution < -0.4 is 10.1 Å². The summed E-state index contributed by atoms with van der Waals surface area (Å²) in [5, 5.41) is 3.14. The van der Waals surface area contributed by atoms with E-state index in [0.717, 1.165) is 6.42 Å². The van der Waals surface area contributed by atoms with Gasteiger partial charge in [-0.15, -0.1) is 0 Å². The number of ether oxygens (including phenoxy) is 2. The number of hydrogen-bond acceptors (Lipinski definition) is 4. The Balaban J connectivity index is 2.09. The summed E-state index contributed by atoms with van der Waals surface area (Å²) >= 11 is 0. The first-order chi connectivity index (χ1) is 12.5. The van der Waals surface area contributed by atoms with E-state index < -0.39 is 6.61 Å². The second-order valence-electron chi connectivity index (χ2n) is 5.65. The van der Waals surface area contributed by atoms with Crippen molar-refractivity contribution in [3.05, 3.63) is 54.1 Å². The number of nitrogens with zero attached hydrogens (tertiary/aromatic N) is 1. The fourth-order valence-corrected chi connectivity index (χ4v) is 2.41. The molecule has 5 nitrogen and oxygen atoms in total. The lowest BCUT2D eigenvalue weighted by atomic mass is 10.1. The van der Waals surface area contributed by atoms with Gasteiger partial charge in [0.1, 0.15) is 5.75 Å². The summed E-state index contributed by atoms with van der Waals surface area (Å²) in [6, 6.07) is 13.2. The van der Waals surface area contributed by atoms with E-state index >= 15 is 0 Å². The Kier molecular flexibility index (Phi) is 7.35. The maximum Gasteiger partial charge on any atom is 0.387 e. The van der Waals surface area contributed by atoms with Gasteiger partial charge in [-0.1, -0.05) is 12.1 Å². The van der Waals surface area contributed by atoms with Gasteiger partial charge in [0.2, 0.25) is 0 Å². The van der Waals surface area contributed by atoms with Crippen molar-refractivity contribution in [1.29, 1.82) is 0 Å². The molecule has 0 unspecified atom stereocenters. The molecular weight excluding hydrogens is 342 g/mol. The van der Waals surface area contributed by atoms with Crippen molar-refractivity contribution in [2.75, 3.05) is 32.6 Å². The van der Waals surface area contributed by atoms with Gasteiger partial charge < -0.3 is 19.7 Å². The van der Waals surface area contributed by atoms with Crippen LogP contribution in [0.5, 0.6) is 5.75 Å². The lowest BCUT2D eigenvalue weighted by Crippen LogP contribution is -2.28. The molecule has 2 aromatic carbocycles. The average Bonchev–Trinajstić information content (AvgIpc) is 2.63. The minimum atomic E-state index is -2.86. The van der Waals surface area contributed by atoms with Gasteiger partial charge in [0.05, 0.1) is 11.3 Å². The number of hydrogen-bond donors (Lipinski definition) is 1. The molecule has 1 N–H and O–H groups in total. The summed E-state index contributed by atoms with van der Waals surface area (Å²) in [7, 11) is 3.36. The number of halogens is 2. The van der Waals surface area contributed by atoms with Gasteiger partial charge in [-0.05, 0) is 42.8 Å². The Hall–Kier alpha value is -2.67. The van der Waals surface area contributed by atoms with Crippen LogP contribution in [0.25, 0.3) is 0 Å². The molecule has 0 aliphatic heterocycles. The highest BCUT2D eigenvalue weighted by Gasteiger charge is 2.15. The molecule has 2 aromatic rings. The van der Waals surface area contributed by atoms with Crippen LogP contribution in [0, 0.1) is 0 Å². The molecule has 2 rings (SSSR count). The fraction of sp³-hybridized carbons (Fsp3) is 0.316. The molecule has 0 spiro atoms. The maximum absolute atomic E-state index is 12.7. The van der Waals surface area contributed by atoms with Crippen LogP contribution in [0.3, 0.4) is 0 Å². The largest absolute Gasteiger partial charge is 0.435 e. The first kappa shape index (κ1) is 19.7. The van der Waals surface area contributed by atoms with E-state index in [4.69, 9.17) is 4.74 Å². The molecule has 0 radical (unpaired) electrons.